The summed E-state index contributed by atoms with van der Waals surface area (Å²) in [5.41, 5.74) is 1.83. The SMILES string of the molecule is Cc1nn(Cc2ccc(Cl)cc2)c(Cl)c1/C=C/C(=O)OCC(=O)Nc1ccccc1[N+](=O)[O-]. The summed E-state index contributed by atoms with van der Waals surface area (Å²) < 4.78 is 6.49. The number of amides is 1. The number of nitrogens with one attached hydrogen (secondary N) is 1. The highest BCUT2D eigenvalue weighted by atomic mass is 35.5. The zero-order chi connectivity index (χ0) is 24.0. The predicted octanol–water partition coefficient (Wildman–Crippen LogP) is 4.65. The average Bonchev–Trinajstić information content (AvgIpc) is 3.05. The molecule has 0 aliphatic heterocycles. The third kappa shape index (κ3) is 6.41. The molecule has 3 rings (SSSR count). The van der Waals surface area contributed by atoms with Crippen molar-refractivity contribution in [3.8, 4) is 0 Å². The summed E-state index contributed by atoms with van der Waals surface area (Å²) in [7, 11) is 0. The van der Waals surface area contributed by atoms with E-state index in [4.69, 9.17) is 27.9 Å². The number of hydrogen-bond donors (Lipinski definition) is 1. The van der Waals surface area contributed by atoms with Crippen molar-refractivity contribution in [2.45, 2.75) is 13.5 Å². The van der Waals surface area contributed by atoms with Gasteiger partial charge in [-0.25, -0.2) is 9.48 Å². The van der Waals surface area contributed by atoms with E-state index >= 15 is 0 Å². The molecule has 1 N–H and O–H groups in total. The number of hydrogen-bond acceptors (Lipinski definition) is 6. The minimum atomic E-state index is -0.784. The van der Waals surface area contributed by atoms with Gasteiger partial charge >= 0.3 is 5.97 Å². The average molecular weight is 489 g/mol. The van der Waals surface area contributed by atoms with Gasteiger partial charge in [-0.2, -0.15) is 5.10 Å². The van der Waals surface area contributed by atoms with Gasteiger partial charge in [0, 0.05) is 22.7 Å². The van der Waals surface area contributed by atoms with E-state index in [-0.39, 0.29) is 11.4 Å². The van der Waals surface area contributed by atoms with Gasteiger partial charge in [-0.1, -0.05) is 47.5 Å². The van der Waals surface area contributed by atoms with Crippen LogP contribution in [0.3, 0.4) is 0 Å². The molecule has 9 nitrogen and oxygen atoms in total. The Labute approximate surface area is 198 Å². The van der Waals surface area contributed by atoms with Crippen LogP contribution in [0.1, 0.15) is 16.8 Å². The highest BCUT2D eigenvalue weighted by molar-refractivity contribution is 6.31. The molecule has 1 amide bonds. The summed E-state index contributed by atoms with van der Waals surface area (Å²) in [6.45, 7) is 1.55. The van der Waals surface area contributed by atoms with Crippen molar-refractivity contribution in [3.05, 3.63) is 91.7 Å². The molecule has 0 unspecified atom stereocenters. The summed E-state index contributed by atoms with van der Waals surface area (Å²) in [5.74, 6) is -1.50. The van der Waals surface area contributed by atoms with Gasteiger partial charge in [0.25, 0.3) is 11.6 Å². The molecular formula is C22H18Cl2N4O5. The van der Waals surface area contributed by atoms with Crippen molar-refractivity contribution in [3.63, 3.8) is 0 Å². The molecule has 0 atom stereocenters. The number of esters is 1. The van der Waals surface area contributed by atoms with Gasteiger partial charge in [-0.15, -0.1) is 0 Å². The molecule has 0 aliphatic rings. The van der Waals surface area contributed by atoms with Crippen molar-refractivity contribution >= 4 is 52.5 Å². The lowest BCUT2D eigenvalue weighted by molar-refractivity contribution is -0.383. The number of aromatic nitrogens is 2. The number of para-hydroxylation sites is 2. The number of nitrogens with zero attached hydrogens (tertiary/aromatic N) is 3. The maximum atomic E-state index is 12.0. The Balaban J connectivity index is 1.58. The maximum Gasteiger partial charge on any atom is 0.331 e. The number of rotatable bonds is 8. The normalized spacial score (nSPS) is 10.9. The smallest absolute Gasteiger partial charge is 0.331 e. The van der Waals surface area contributed by atoms with Crippen molar-refractivity contribution < 1.29 is 19.2 Å². The Kier molecular flexibility index (Phi) is 7.81. The van der Waals surface area contributed by atoms with Crippen molar-refractivity contribution in [1.29, 1.82) is 0 Å². The molecule has 33 heavy (non-hydrogen) atoms. The molecule has 1 aromatic heterocycles. The monoisotopic (exact) mass is 488 g/mol. The molecule has 1 heterocycles. The van der Waals surface area contributed by atoms with Crippen molar-refractivity contribution in [1.82, 2.24) is 9.78 Å². The van der Waals surface area contributed by atoms with Gasteiger partial charge in [0.05, 0.1) is 17.2 Å². The number of nitro benzene ring substituents is 1. The van der Waals surface area contributed by atoms with E-state index in [0.717, 1.165) is 11.6 Å². The van der Waals surface area contributed by atoms with E-state index in [0.29, 0.717) is 28.0 Å². The van der Waals surface area contributed by atoms with Gasteiger partial charge in [-0.05, 0) is 36.8 Å². The van der Waals surface area contributed by atoms with Crippen LogP contribution >= 0.6 is 23.2 Å². The fourth-order valence-corrected chi connectivity index (χ4v) is 3.31. The molecule has 0 bridgehead atoms. The molecule has 0 spiro atoms. The molecule has 0 fully saturated rings. The second-order valence-corrected chi connectivity index (χ2v) is 7.63. The minimum Gasteiger partial charge on any atom is -0.452 e. The van der Waals surface area contributed by atoms with Crippen LogP contribution in [0.4, 0.5) is 11.4 Å². The molecule has 0 saturated carbocycles. The van der Waals surface area contributed by atoms with Crippen LogP contribution in [-0.4, -0.2) is 33.2 Å². The molecule has 170 valence electrons. The van der Waals surface area contributed by atoms with Gasteiger partial charge in [0.2, 0.25) is 0 Å². The number of carbonyl (C=O) groups is 2. The number of benzene rings is 2. The quantitative estimate of drug-likeness (QED) is 0.213. The van der Waals surface area contributed by atoms with E-state index in [1.165, 1.54) is 30.3 Å². The summed E-state index contributed by atoms with van der Waals surface area (Å²) in [6.07, 6.45) is 2.58. The summed E-state index contributed by atoms with van der Waals surface area (Å²) in [6, 6.07) is 12.9. The lowest BCUT2D eigenvalue weighted by Crippen LogP contribution is -2.20. The van der Waals surface area contributed by atoms with Crippen molar-refractivity contribution in [2.75, 3.05) is 11.9 Å². The van der Waals surface area contributed by atoms with E-state index in [1.54, 1.807) is 23.7 Å². The largest absolute Gasteiger partial charge is 0.452 e. The Morgan fingerprint density at radius 1 is 1.18 bits per heavy atom. The van der Waals surface area contributed by atoms with Crippen LogP contribution in [0.2, 0.25) is 10.2 Å². The zero-order valence-corrected chi connectivity index (χ0v) is 18.8. The maximum absolute atomic E-state index is 12.0. The fourth-order valence-electron chi connectivity index (χ4n) is 2.89. The van der Waals surface area contributed by atoms with Crippen LogP contribution in [-0.2, 0) is 20.9 Å². The Morgan fingerprint density at radius 3 is 2.58 bits per heavy atom. The van der Waals surface area contributed by atoms with E-state index in [2.05, 4.69) is 10.4 Å². The van der Waals surface area contributed by atoms with Gasteiger partial charge < -0.3 is 10.1 Å². The van der Waals surface area contributed by atoms with Crippen molar-refractivity contribution in [2.24, 2.45) is 0 Å². The molecular weight excluding hydrogens is 471 g/mol. The van der Waals surface area contributed by atoms with Gasteiger partial charge in [0.15, 0.2) is 6.61 Å². The number of aryl methyl sites for hydroxylation is 1. The molecule has 0 radical (unpaired) electrons. The Bertz CT molecular complexity index is 1220. The summed E-state index contributed by atoms with van der Waals surface area (Å²) in [4.78, 5) is 34.4. The lowest BCUT2D eigenvalue weighted by atomic mass is 10.2. The Morgan fingerprint density at radius 2 is 1.88 bits per heavy atom. The highest BCUT2D eigenvalue weighted by Gasteiger charge is 2.16. The van der Waals surface area contributed by atoms with Crippen LogP contribution in [0.5, 0.6) is 0 Å². The van der Waals surface area contributed by atoms with E-state index < -0.39 is 23.4 Å². The predicted molar refractivity (Wildman–Crippen MR) is 124 cm³/mol. The first kappa shape index (κ1) is 24.0. The first-order chi connectivity index (χ1) is 15.7. The topological polar surface area (TPSA) is 116 Å². The number of halogens is 2. The zero-order valence-electron chi connectivity index (χ0n) is 17.3. The van der Waals surface area contributed by atoms with Gasteiger partial charge in [-0.3, -0.25) is 14.9 Å². The Hall–Kier alpha value is -3.69. The minimum absolute atomic E-state index is 0.00889. The van der Waals surface area contributed by atoms with Crippen LogP contribution in [0.25, 0.3) is 6.08 Å². The molecule has 0 aliphatic carbocycles. The first-order valence-corrected chi connectivity index (χ1v) is 10.4. The molecule has 2 aromatic carbocycles. The van der Waals surface area contributed by atoms with E-state index in [9.17, 15) is 19.7 Å². The summed E-state index contributed by atoms with van der Waals surface area (Å²) in [5, 5.41) is 18.7. The number of ether oxygens (including phenoxy) is 1. The third-order valence-electron chi connectivity index (χ3n) is 4.46. The second kappa shape index (κ2) is 10.8. The fraction of sp³-hybridized carbons (Fsp3) is 0.136. The van der Waals surface area contributed by atoms with E-state index in [1.807, 2.05) is 12.1 Å². The number of carbonyl (C=O) groups excluding carboxylic acids is 2. The molecule has 3 aromatic rings. The number of anilines is 1. The molecule has 11 heteroatoms. The second-order valence-electron chi connectivity index (χ2n) is 6.84. The van der Waals surface area contributed by atoms with Crippen LogP contribution in [0.15, 0.2) is 54.6 Å². The lowest BCUT2D eigenvalue weighted by Gasteiger charge is -2.06. The van der Waals surface area contributed by atoms with Gasteiger partial charge in [0.1, 0.15) is 10.8 Å². The van der Waals surface area contributed by atoms with Crippen LogP contribution < -0.4 is 5.32 Å². The summed E-state index contributed by atoms with van der Waals surface area (Å²) >= 11 is 12.3. The number of nitro groups is 1. The molecule has 0 saturated heterocycles. The van der Waals surface area contributed by atoms with Crippen LogP contribution in [0, 0.1) is 17.0 Å². The first-order valence-electron chi connectivity index (χ1n) is 9.60. The highest BCUT2D eigenvalue weighted by Crippen LogP contribution is 2.24. The third-order valence-corrected chi connectivity index (χ3v) is 5.11. The standard InChI is InChI=1S/C22H18Cl2N4O5/c1-14-17(22(24)27(26-14)12-15-6-8-16(23)9-7-15)10-11-21(30)33-13-20(29)25-18-4-2-3-5-19(18)28(31)32/h2-11H,12-13H2,1H3,(H,25,29)/b11-10+.